The van der Waals surface area contributed by atoms with E-state index >= 15 is 0 Å². The van der Waals surface area contributed by atoms with Crippen molar-refractivity contribution in [2.45, 2.75) is 12.0 Å². The molecule has 1 saturated heterocycles. The van der Waals surface area contributed by atoms with E-state index in [-0.39, 0.29) is 30.0 Å². The fraction of sp³-hybridized carbons (Fsp3) is 0.538. The SMILES string of the molecule is CS(=O)(=O)CCS(=O)(=O)N1C[C@@H](N)[C@H](c2ccccc2)C1. The Labute approximate surface area is 125 Å². The number of hydrogen-bond donors (Lipinski definition) is 1. The van der Waals surface area contributed by atoms with Gasteiger partial charge in [0.25, 0.3) is 0 Å². The first-order valence-electron chi connectivity index (χ1n) is 6.65. The lowest BCUT2D eigenvalue weighted by Crippen LogP contribution is -2.35. The highest BCUT2D eigenvalue weighted by molar-refractivity contribution is 7.93. The molecule has 118 valence electrons. The van der Waals surface area contributed by atoms with Crippen molar-refractivity contribution in [1.82, 2.24) is 4.31 Å². The van der Waals surface area contributed by atoms with E-state index in [2.05, 4.69) is 0 Å². The maximum atomic E-state index is 12.2. The van der Waals surface area contributed by atoms with Crippen LogP contribution in [0.5, 0.6) is 0 Å². The fourth-order valence-corrected chi connectivity index (χ4v) is 5.56. The lowest BCUT2D eigenvalue weighted by Gasteiger charge is -2.16. The van der Waals surface area contributed by atoms with Gasteiger partial charge in [-0.3, -0.25) is 0 Å². The van der Waals surface area contributed by atoms with Crippen LogP contribution in [-0.2, 0) is 19.9 Å². The van der Waals surface area contributed by atoms with Crippen LogP contribution in [0.15, 0.2) is 30.3 Å². The molecule has 8 heteroatoms. The smallest absolute Gasteiger partial charge is 0.215 e. The molecule has 1 aliphatic heterocycles. The molecule has 0 bridgehead atoms. The van der Waals surface area contributed by atoms with E-state index in [0.717, 1.165) is 11.8 Å². The Kier molecular flexibility index (Phi) is 4.72. The highest BCUT2D eigenvalue weighted by atomic mass is 32.2. The van der Waals surface area contributed by atoms with Gasteiger partial charge in [0.05, 0.1) is 11.5 Å². The molecule has 0 spiro atoms. The first kappa shape index (κ1) is 16.4. The van der Waals surface area contributed by atoms with Gasteiger partial charge in [0.1, 0.15) is 9.84 Å². The highest BCUT2D eigenvalue weighted by Gasteiger charge is 2.37. The summed E-state index contributed by atoms with van der Waals surface area (Å²) in [5, 5.41) is 0. The van der Waals surface area contributed by atoms with Gasteiger partial charge in [-0.25, -0.2) is 16.8 Å². The summed E-state index contributed by atoms with van der Waals surface area (Å²) in [6.07, 6.45) is 1.03. The second-order valence-electron chi connectivity index (χ2n) is 5.44. The number of sulfonamides is 1. The quantitative estimate of drug-likeness (QED) is 0.804. The number of rotatable bonds is 5. The first-order chi connectivity index (χ1) is 9.69. The van der Waals surface area contributed by atoms with Crippen LogP contribution in [0.1, 0.15) is 11.5 Å². The van der Waals surface area contributed by atoms with Gasteiger partial charge in [-0.05, 0) is 5.56 Å². The van der Waals surface area contributed by atoms with Crippen molar-refractivity contribution in [3.63, 3.8) is 0 Å². The van der Waals surface area contributed by atoms with Gasteiger partial charge >= 0.3 is 0 Å². The molecule has 0 amide bonds. The Bertz CT molecular complexity index is 686. The van der Waals surface area contributed by atoms with Crippen LogP contribution in [0, 0.1) is 0 Å². The third kappa shape index (κ3) is 4.26. The van der Waals surface area contributed by atoms with E-state index in [4.69, 9.17) is 5.73 Å². The predicted octanol–water partition coefficient (Wildman–Crippen LogP) is -0.212. The third-order valence-corrected chi connectivity index (χ3v) is 6.67. The Morgan fingerprint density at radius 3 is 2.29 bits per heavy atom. The minimum atomic E-state index is -3.59. The van der Waals surface area contributed by atoms with E-state index in [0.29, 0.717) is 6.54 Å². The summed E-state index contributed by atoms with van der Waals surface area (Å²) in [4.78, 5) is 0. The molecular weight excluding hydrogens is 312 g/mol. The van der Waals surface area contributed by atoms with Gasteiger partial charge in [0.2, 0.25) is 10.0 Å². The molecule has 1 aromatic rings. The Morgan fingerprint density at radius 1 is 1.10 bits per heavy atom. The van der Waals surface area contributed by atoms with E-state index in [9.17, 15) is 16.8 Å². The maximum absolute atomic E-state index is 12.2. The van der Waals surface area contributed by atoms with Crippen LogP contribution in [0.4, 0.5) is 0 Å². The van der Waals surface area contributed by atoms with E-state index in [1.54, 1.807) is 0 Å². The molecule has 0 radical (unpaired) electrons. The molecule has 21 heavy (non-hydrogen) atoms. The summed E-state index contributed by atoms with van der Waals surface area (Å²) < 4.78 is 48.0. The summed E-state index contributed by atoms with van der Waals surface area (Å²) in [5.74, 6) is -0.809. The van der Waals surface area contributed by atoms with Gasteiger partial charge in [-0.2, -0.15) is 4.31 Å². The number of hydrogen-bond acceptors (Lipinski definition) is 5. The van der Waals surface area contributed by atoms with Crippen LogP contribution in [0.2, 0.25) is 0 Å². The van der Waals surface area contributed by atoms with Crippen LogP contribution in [0.25, 0.3) is 0 Å². The first-order valence-corrected chi connectivity index (χ1v) is 10.3. The minimum absolute atomic E-state index is 0.0563. The molecular formula is C13H20N2O4S2. The monoisotopic (exact) mass is 332 g/mol. The average molecular weight is 332 g/mol. The zero-order chi connectivity index (χ0) is 15.7. The van der Waals surface area contributed by atoms with Crippen molar-refractivity contribution in [2.24, 2.45) is 5.73 Å². The number of nitrogens with two attached hydrogens (primary N) is 1. The topological polar surface area (TPSA) is 97.5 Å². The molecule has 0 aliphatic carbocycles. The number of nitrogens with zero attached hydrogens (tertiary/aromatic N) is 1. The van der Waals surface area contributed by atoms with Crippen LogP contribution < -0.4 is 5.73 Å². The minimum Gasteiger partial charge on any atom is -0.326 e. The summed E-state index contributed by atoms with van der Waals surface area (Å²) in [6.45, 7) is 0.531. The predicted molar refractivity (Wildman–Crippen MR) is 82.2 cm³/mol. The largest absolute Gasteiger partial charge is 0.326 e. The summed E-state index contributed by atoms with van der Waals surface area (Å²) in [5.41, 5.74) is 7.06. The zero-order valence-corrected chi connectivity index (χ0v) is 13.5. The normalized spacial score (nSPS) is 24.3. The lowest BCUT2D eigenvalue weighted by atomic mass is 9.95. The molecule has 2 rings (SSSR count). The maximum Gasteiger partial charge on any atom is 0.215 e. The lowest BCUT2D eigenvalue weighted by molar-refractivity contribution is 0.471. The third-order valence-electron chi connectivity index (χ3n) is 3.66. The summed E-state index contributed by atoms with van der Waals surface area (Å²) in [6, 6.07) is 9.25. The Balaban J connectivity index is 2.10. The van der Waals surface area contributed by atoms with Crippen molar-refractivity contribution in [3.05, 3.63) is 35.9 Å². The molecule has 1 aliphatic rings. The average Bonchev–Trinajstić information content (AvgIpc) is 2.80. The molecule has 0 saturated carbocycles. The van der Waals surface area contributed by atoms with Crippen LogP contribution in [0.3, 0.4) is 0 Å². The number of sulfone groups is 1. The molecule has 1 aromatic carbocycles. The van der Waals surface area contributed by atoms with Crippen molar-refractivity contribution in [2.75, 3.05) is 30.9 Å². The second kappa shape index (κ2) is 6.04. The van der Waals surface area contributed by atoms with E-state index in [1.165, 1.54) is 4.31 Å². The van der Waals surface area contributed by atoms with Crippen molar-refractivity contribution < 1.29 is 16.8 Å². The van der Waals surface area contributed by atoms with Crippen LogP contribution in [-0.4, -0.2) is 58.0 Å². The van der Waals surface area contributed by atoms with E-state index in [1.807, 2.05) is 30.3 Å². The molecule has 0 aromatic heterocycles. The Hall–Kier alpha value is -0.960. The van der Waals surface area contributed by atoms with Gasteiger partial charge in [0, 0.05) is 31.3 Å². The van der Waals surface area contributed by atoms with Gasteiger partial charge < -0.3 is 5.73 Å². The van der Waals surface area contributed by atoms with Gasteiger partial charge in [-0.1, -0.05) is 30.3 Å². The van der Waals surface area contributed by atoms with Gasteiger partial charge in [0.15, 0.2) is 0 Å². The van der Waals surface area contributed by atoms with Crippen molar-refractivity contribution in [3.8, 4) is 0 Å². The Morgan fingerprint density at radius 2 is 1.71 bits per heavy atom. The zero-order valence-electron chi connectivity index (χ0n) is 11.8. The standard InChI is InChI=1S/C13H20N2O4S2/c1-20(16,17)7-8-21(18,19)15-9-12(13(14)10-15)11-5-3-2-4-6-11/h2-6,12-13H,7-10,14H2,1H3/t12-,13+/m0/s1. The molecule has 0 unspecified atom stereocenters. The second-order valence-corrected chi connectivity index (χ2v) is 9.79. The fourth-order valence-electron chi connectivity index (χ4n) is 2.46. The molecule has 1 fully saturated rings. The van der Waals surface area contributed by atoms with Crippen molar-refractivity contribution in [1.29, 1.82) is 0 Å². The number of benzene rings is 1. The van der Waals surface area contributed by atoms with Crippen molar-refractivity contribution >= 4 is 19.9 Å². The summed E-state index contributed by atoms with van der Waals surface area (Å²) in [7, 11) is -6.90. The summed E-state index contributed by atoms with van der Waals surface area (Å²) >= 11 is 0. The van der Waals surface area contributed by atoms with E-state index < -0.39 is 19.9 Å². The molecule has 2 N–H and O–H groups in total. The molecule has 2 atom stereocenters. The van der Waals surface area contributed by atoms with Gasteiger partial charge in [-0.15, -0.1) is 0 Å². The highest BCUT2D eigenvalue weighted by Crippen LogP contribution is 2.28. The molecule has 6 nitrogen and oxygen atoms in total. The van der Waals surface area contributed by atoms with Crippen LogP contribution >= 0.6 is 0 Å². The molecule has 1 heterocycles.